The minimum absolute atomic E-state index is 0.0128. The highest BCUT2D eigenvalue weighted by atomic mass is 35.5. The summed E-state index contributed by atoms with van der Waals surface area (Å²) in [5.74, 6) is 1.25. The second-order valence-corrected chi connectivity index (χ2v) is 6.31. The van der Waals surface area contributed by atoms with Gasteiger partial charge in [-0.15, -0.1) is 0 Å². The molecule has 5 nitrogen and oxygen atoms in total. The molecular weight excluding hydrogens is 340 g/mol. The number of urea groups is 1. The van der Waals surface area contributed by atoms with Crippen molar-refractivity contribution in [3.8, 4) is 11.5 Å². The van der Waals surface area contributed by atoms with Crippen LogP contribution < -0.4 is 14.8 Å². The van der Waals surface area contributed by atoms with Crippen molar-refractivity contribution in [3.63, 3.8) is 0 Å². The summed E-state index contributed by atoms with van der Waals surface area (Å²) in [5.41, 5.74) is 1.62. The van der Waals surface area contributed by atoms with Crippen molar-refractivity contribution in [3.05, 3.63) is 53.1 Å². The number of amides is 2. The normalized spacial score (nSPS) is 16.6. The number of benzene rings is 2. The molecular formula is C19H21ClN2O3. The third kappa shape index (κ3) is 3.82. The zero-order valence-electron chi connectivity index (χ0n) is 14.3. The zero-order valence-corrected chi connectivity index (χ0v) is 15.0. The summed E-state index contributed by atoms with van der Waals surface area (Å²) in [6.07, 6.45) is 1.85. The number of carbonyl (C=O) groups excluding carboxylic acids is 1. The minimum atomic E-state index is -0.155. The number of likely N-dealkylation sites (tertiary alicyclic amines) is 1. The van der Waals surface area contributed by atoms with Crippen molar-refractivity contribution in [1.82, 2.24) is 4.90 Å². The van der Waals surface area contributed by atoms with Crippen LogP contribution in [-0.4, -0.2) is 31.7 Å². The van der Waals surface area contributed by atoms with E-state index in [2.05, 4.69) is 5.32 Å². The Balaban J connectivity index is 1.80. The molecule has 1 N–H and O–H groups in total. The molecule has 2 aromatic rings. The molecule has 6 heteroatoms. The van der Waals surface area contributed by atoms with E-state index in [1.54, 1.807) is 32.4 Å². The lowest BCUT2D eigenvalue weighted by molar-refractivity contribution is 0.207. The van der Waals surface area contributed by atoms with Crippen LogP contribution in [0.5, 0.6) is 11.5 Å². The van der Waals surface area contributed by atoms with Gasteiger partial charge in [0, 0.05) is 35.5 Å². The Morgan fingerprint density at radius 2 is 1.84 bits per heavy atom. The summed E-state index contributed by atoms with van der Waals surface area (Å²) < 4.78 is 10.5. The number of hydrogen-bond acceptors (Lipinski definition) is 3. The number of anilines is 1. The molecule has 3 rings (SSSR count). The standard InChI is InChI=1S/C19H21ClN2O3/c1-24-14-10-13(11-15(12-14)25-2)21-19(23)22-9-5-8-18(22)16-6-3-4-7-17(16)20/h3-4,6-7,10-12,18H,5,8-9H2,1-2H3,(H,21,23). The summed E-state index contributed by atoms with van der Waals surface area (Å²) in [4.78, 5) is 14.6. The Morgan fingerprint density at radius 3 is 2.48 bits per heavy atom. The van der Waals surface area contributed by atoms with E-state index in [9.17, 15) is 4.79 Å². The van der Waals surface area contributed by atoms with Crippen LogP contribution in [0.2, 0.25) is 5.02 Å². The Morgan fingerprint density at radius 1 is 1.16 bits per heavy atom. The van der Waals surface area contributed by atoms with Crippen LogP contribution in [0.25, 0.3) is 0 Å². The van der Waals surface area contributed by atoms with Crippen molar-refractivity contribution in [2.45, 2.75) is 18.9 Å². The first-order chi connectivity index (χ1) is 12.1. The molecule has 1 aliphatic rings. The van der Waals surface area contributed by atoms with Crippen LogP contribution in [-0.2, 0) is 0 Å². The maximum Gasteiger partial charge on any atom is 0.322 e. The van der Waals surface area contributed by atoms with Gasteiger partial charge in [0.25, 0.3) is 0 Å². The first kappa shape index (κ1) is 17.4. The number of hydrogen-bond donors (Lipinski definition) is 1. The summed E-state index contributed by atoms with van der Waals surface area (Å²) in [7, 11) is 3.16. The Kier molecular flexibility index (Phi) is 5.34. The van der Waals surface area contributed by atoms with Gasteiger partial charge in [-0.3, -0.25) is 0 Å². The first-order valence-corrected chi connectivity index (χ1v) is 8.55. The number of ether oxygens (including phenoxy) is 2. The lowest BCUT2D eigenvalue weighted by Crippen LogP contribution is -2.34. The molecule has 1 heterocycles. The van der Waals surface area contributed by atoms with Gasteiger partial charge in [-0.05, 0) is 24.5 Å². The molecule has 0 saturated carbocycles. The van der Waals surface area contributed by atoms with Crippen LogP contribution in [0, 0.1) is 0 Å². The number of methoxy groups -OCH3 is 2. The van der Waals surface area contributed by atoms with E-state index in [0.29, 0.717) is 28.8 Å². The average Bonchev–Trinajstić information content (AvgIpc) is 3.11. The van der Waals surface area contributed by atoms with E-state index in [4.69, 9.17) is 21.1 Å². The van der Waals surface area contributed by atoms with Gasteiger partial charge in [0.05, 0.1) is 20.3 Å². The maximum atomic E-state index is 12.8. The quantitative estimate of drug-likeness (QED) is 0.857. The monoisotopic (exact) mass is 360 g/mol. The second kappa shape index (κ2) is 7.66. The Labute approximate surface area is 152 Å². The molecule has 1 atom stereocenters. The van der Waals surface area contributed by atoms with E-state index in [1.807, 2.05) is 29.2 Å². The maximum absolute atomic E-state index is 12.8. The third-order valence-electron chi connectivity index (χ3n) is 4.38. The lowest BCUT2D eigenvalue weighted by atomic mass is 10.0. The van der Waals surface area contributed by atoms with Crippen LogP contribution in [0.15, 0.2) is 42.5 Å². The fourth-order valence-corrected chi connectivity index (χ4v) is 3.42. The molecule has 132 valence electrons. The largest absolute Gasteiger partial charge is 0.497 e. The van der Waals surface area contributed by atoms with Gasteiger partial charge in [0.1, 0.15) is 11.5 Å². The highest BCUT2D eigenvalue weighted by molar-refractivity contribution is 6.31. The van der Waals surface area contributed by atoms with Gasteiger partial charge < -0.3 is 19.7 Å². The van der Waals surface area contributed by atoms with E-state index in [0.717, 1.165) is 18.4 Å². The molecule has 25 heavy (non-hydrogen) atoms. The fraction of sp³-hybridized carbons (Fsp3) is 0.316. The van der Waals surface area contributed by atoms with Gasteiger partial charge in [-0.2, -0.15) is 0 Å². The van der Waals surface area contributed by atoms with E-state index >= 15 is 0 Å². The second-order valence-electron chi connectivity index (χ2n) is 5.90. The Hall–Kier alpha value is -2.40. The number of nitrogens with one attached hydrogen (secondary N) is 1. The topological polar surface area (TPSA) is 50.8 Å². The fourth-order valence-electron chi connectivity index (χ4n) is 3.15. The SMILES string of the molecule is COc1cc(NC(=O)N2CCCC2c2ccccc2Cl)cc(OC)c1. The van der Waals surface area contributed by atoms with Crippen LogP contribution in [0.1, 0.15) is 24.4 Å². The van der Waals surface area contributed by atoms with E-state index in [-0.39, 0.29) is 12.1 Å². The van der Waals surface area contributed by atoms with E-state index in [1.165, 1.54) is 0 Å². The molecule has 0 radical (unpaired) electrons. The molecule has 0 aliphatic carbocycles. The lowest BCUT2D eigenvalue weighted by Gasteiger charge is -2.26. The molecule has 1 unspecified atom stereocenters. The molecule has 1 aliphatic heterocycles. The van der Waals surface area contributed by atoms with Crippen molar-refractivity contribution in [2.24, 2.45) is 0 Å². The number of carbonyl (C=O) groups is 1. The summed E-state index contributed by atoms with van der Waals surface area (Å²) in [6, 6.07) is 12.8. The molecule has 2 aromatic carbocycles. The van der Waals surface area contributed by atoms with Gasteiger partial charge >= 0.3 is 6.03 Å². The predicted octanol–water partition coefficient (Wildman–Crippen LogP) is 4.73. The van der Waals surface area contributed by atoms with Gasteiger partial charge in [-0.1, -0.05) is 29.8 Å². The van der Waals surface area contributed by atoms with Crippen LogP contribution in [0.4, 0.5) is 10.5 Å². The molecule has 1 saturated heterocycles. The highest BCUT2D eigenvalue weighted by Crippen LogP contribution is 2.36. The molecule has 0 aromatic heterocycles. The molecule has 2 amide bonds. The molecule has 1 fully saturated rings. The minimum Gasteiger partial charge on any atom is -0.497 e. The number of halogens is 1. The predicted molar refractivity (Wildman–Crippen MR) is 98.7 cm³/mol. The van der Waals surface area contributed by atoms with Crippen molar-refractivity contribution in [2.75, 3.05) is 26.1 Å². The highest BCUT2D eigenvalue weighted by Gasteiger charge is 2.31. The van der Waals surface area contributed by atoms with Gasteiger partial charge in [-0.25, -0.2) is 4.79 Å². The zero-order chi connectivity index (χ0) is 17.8. The summed E-state index contributed by atoms with van der Waals surface area (Å²) >= 11 is 6.32. The summed E-state index contributed by atoms with van der Waals surface area (Å²) in [5, 5.41) is 3.63. The third-order valence-corrected chi connectivity index (χ3v) is 4.72. The van der Waals surface area contributed by atoms with Crippen LogP contribution in [0.3, 0.4) is 0 Å². The van der Waals surface area contributed by atoms with E-state index < -0.39 is 0 Å². The Bertz CT molecular complexity index is 744. The molecule has 0 bridgehead atoms. The van der Waals surface area contributed by atoms with Gasteiger partial charge in [0.15, 0.2) is 0 Å². The first-order valence-electron chi connectivity index (χ1n) is 8.17. The molecule has 0 spiro atoms. The number of rotatable bonds is 4. The van der Waals surface area contributed by atoms with Crippen molar-refractivity contribution < 1.29 is 14.3 Å². The number of nitrogens with zero attached hydrogens (tertiary/aromatic N) is 1. The van der Waals surface area contributed by atoms with Gasteiger partial charge in [0.2, 0.25) is 0 Å². The smallest absolute Gasteiger partial charge is 0.322 e. The van der Waals surface area contributed by atoms with Crippen molar-refractivity contribution in [1.29, 1.82) is 0 Å². The summed E-state index contributed by atoms with van der Waals surface area (Å²) in [6.45, 7) is 0.697. The van der Waals surface area contributed by atoms with Crippen LogP contribution >= 0.6 is 11.6 Å². The van der Waals surface area contributed by atoms with Crippen molar-refractivity contribution >= 4 is 23.3 Å². The average molecular weight is 361 g/mol.